The van der Waals surface area contributed by atoms with E-state index in [0.717, 1.165) is 0 Å². The Balaban J connectivity index is 2.14. The topological polar surface area (TPSA) is 124 Å². The first-order valence-electron chi connectivity index (χ1n) is 6.08. The van der Waals surface area contributed by atoms with Crippen molar-refractivity contribution in [3.8, 4) is 0 Å². The maximum Gasteiger partial charge on any atom is 0.292 e. The molecule has 0 fully saturated rings. The Labute approximate surface area is 120 Å². The van der Waals surface area contributed by atoms with Gasteiger partial charge in [-0.05, 0) is 19.1 Å². The van der Waals surface area contributed by atoms with Crippen LogP contribution >= 0.6 is 0 Å². The first-order chi connectivity index (χ1) is 9.99. The molecule has 108 valence electrons. The maximum atomic E-state index is 12.0. The molecule has 8 heteroatoms. The number of carbonyl (C=O) groups is 1. The first kappa shape index (κ1) is 14.4. The van der Waals surface area contributed by atoms with Crippen LogP contribution in [0, 0.1) is 17.0 Å². The Hall–Kier alpha value is -3.03. The molecule has 0 aliphatic carbocycles. The Bertz CT molecular complexity index is 702. The van der Waals surface area contributed by atoms with Gasteiger partial charge in [0.2, 0.25) is 0 Å². The first-order valence-corrected chi connectivity index (χ1v) is 6.08. The number of nitro groups is 1. The molecule has 1 aromatic heterocycles. The molecule has 1 aromatic carbocycles. The molecule has 0 radical (unpaired) electrons. The van der Waals surface area contributed by atoms with Crippen LogP contribution in [0.25, 0.3) is 0 Å². The molecule has 3 N–H and O–H groups in total. The number of nitrogens with zero attached hydrogens (tertiary/aromatic N) is 3. The summed E-state index contributed by atoms with van der Waals surface area (Å²) in [4.78, 5) is 30.3. The molecule has 0 atom stereocenters. The largest absolute Gasteiger partial charge is 0.393 e. The molecule has 0 bridgehead atoms. The summed E-state index contributed by atoms with van der Waals surface area (Å²) in [6.45, 7) is 1.92. The molecular formula is C13H13N5O3. The number of nitrogen functional groups attached to an aromatic ring is 1. The Morgan fingerprint density at radius 2 is 2.19 bits per heavy atom. The van der Waals surface area contributed by atoms with E-state index in [2.05, 4.69) is 15.3 Å². The second-order valence-electron chi connectivity index (χ2n) is 4.27. The van der Waals surface area contributed by atoms with Gasteiger partial charge in [0.25, 0.3) is 11.6 Å². The molecule has 0 spiro atoms. The zero-order chi connectivity index (χ0) is 15.4. The normalized spacial score (nSPS) is 10.1. The number of para-hydroxylation sites is 1. The minimum Gasteiger partial charge on any atom is -0.393 e. The van der Waals surface area contributed by atoms with Crippen LogP contribution in [0.5, 0.6) is 0 Å². The quantitative estimate of drug-likeness (QED) is 0.494. The van der Waals surface area contributed by atoms with Crippen molar-refractivity contribution in [2.75, 3.05) is 5.73 Å². The van der Waals surface area contributed by atoms with E-state index >= 15 is 0 Å². The van der Waals surface area contributed by atoms with Crippen molar-refractivity contribution in [2.45, 2.75) is 13.5 Å². The number of nitro benzene ring substituents is 1. The number of aromatic nitrogens is 2. The monoisotopic (exact) mass is 287 g/mol. The van der Waals surface area contributed by atoms with Gasteiger partial charge >= 0.3 is 0 Å². The summed E-state index contributed by atoms with van der Waals surface area (Å²) in [5.41, 5.74) is 5.91. The van der Waals surface area contributed by atoms with E-state index < -0.39 is 10.8 Å². The standard InChI is InChI=1S/C13H13N5O3/c1-8-15-6-5-9(17-8)7-16-13(19)10-3-2-4-11(12(10)14)18(20)21/h2-6H,7,14H2,1H3,(H,16,19). The zero-order valence-corrected chi connectivity index (χ0v) is 11.2. The highest BCUT2D eigenvalue weighted by atomic mass is 16.6. The number of hydrogen-bond acceptors (Lipinski definition) is 6. The number of benzene rings is 1. The smallest absolute Gasteiger partial charge is 0.292 e. The van der Waals surface area contributed by atoms with Gasteiger partial charge in [-0.3, -0.25) is 14.9 Å². The average molecular weight is 287 g/mol. The van der Waals surface area contributed by atoms with E-state index in [-0.39, 0.29) is 23.5 Å². The van der Waals surface area contributed by atoms with Crippen molar-refractivity contribution in [2.24, 2.45) is 0 Å². The van der Waals surface area contributed by atoms with Crippen molar-refractivity contribution in [3.05, 3.63) is 57.7 Å². The molecule has 1 heterocycles. The highest BCUT2D eigenvalue weighted by Crippen LogP contribution is 2.24. The highest BCUT2D eigenvalue weighted by molar-refractivity contribution is 6.00. The maximum absolute atomic E-state index is 12.0. The van der Waals surface area contributed by atoms with Crippen molar-refractivity contribution in [1.29, 1.82) is 0 Å². The van der Waals surface area contributed by atoms with Crippen LogP contribution in [0.4, 0.5) is 11.4 Å². The number of aryl methyl sites for hydroxylation is 1. The van der Waals surface area contributed by atoms with Gasteiger partial charge in [-0.25, -0.2) is 9.97 Å². The van der Waals surface area contributed by atoms with Crippen LogP contribution in [0.15, 0.2) is 30.5 Å². The fourth-order valence-corrected chi connectivity index (χ4v) is 1.78. The SMILES string of the molecule is Cc1nccc(CNC(=O)c2cccc([N+](=O)[O-])c2N)n1. The summed E-state index contributed by atoms with van der Waals surface area (Å²) in [5.74, 6) is 0.101. The number of nitrogens with one attached hydrogen (secondary N) is 1. The lowest BCUT2D eigenvalue weighted by atomic mass is 10.1. The van der Waals surface area contributed by atoms with Gasteiger partial charge in [-0.2, -0.15) is 0 Å². The molecule has 0 saturated heterocycles. The number of nitrogens with two attached hydrogens (primary N) is 1. The number of carbonyl (C=O) groups excluding carboxylic acids is 1. The van der Waals surface area contributed by atoms with E-state index in [9.17, 15) is 14.9 Å². The van der Waals surface area contributed by atoms with Crippen molar-refractivity contribution in [1.82, 2.24) is 15.3 Å². The summed E-state index contributed by atoms with van der Waals surface area (Å²) in [7, 11) is 0. The lowest BCUT2D eigenvalue weighted by molar-refractivity contribution is -0.383. The van der Waals surface area contributed by atoms with Crippen LogP contribution in [0.2, 0.25) is 0 Å². The zero-order valence-electron chi connectivity index (χ0n) is 11.2. The minimum absolute atomic E-state index is 0.0648. The Morgan fingerprint density at radius 3 is 2.86 bits per heavy atom. The number of anilines is 1. The van der Waals surface area contributed by atoms with Gasteiger partial charge in [-0.15, -0.1) is 0 Å². The van der Waals surface area contributed by atoms with Crippen LogP contribution in [-0.4, -0.2) is 20.8 Å². The van der Waals surface area contributed by atoms with Gasteiger partial charge in [0.05, 0.1) is 22.7 Å². The number of amides is 1. The molecule has 21 heavy (non-hydrogen) atoms. The molecule has 0 saturated carbocycles. The lowest BCUT2D eigenvalue weighted by Crippen LogP contribution is -2.24. The van der Waals surface area contributed by atoms with Gasteiger partial charge in [0, 0.05) is 12.3 Å². The third kappa shape index (κ3) is 3.30. The molecule has 2 aromatic rings. The minimum atomic E-state index is -0.625. The van der Waals surface area contributed by atoms with Crippen molar-refractivity contribution >= 4 is 17.3 Å². The third-order valence-electron chi connectivity index (χ3n) is 2.79. The lowest BCUT2D eigenvalue weighted by Gasteiger charge is -2.07. The fourth-order valence-electron chi connectivity index (χ4n) is 1.78. The van der Waals surface area contributed by atoms with Crippen LogP contribution in [0.1, 0.15) is 21.9 Å². The van der Waals surface area contributed by atoms with E-state index in [1.807, 2.05) is 0 Å². The van der Waals surface area contributed by atoms with Crippen LogP contribution in [-0.2, 0) is 6.54 Å². The Morgan fingerprint density at radius 1 is 1.43 bits per heavy atom. The van der Waals surface area contributed by atoms with Gasteiger partial charge < -0.3 is 11.1 Å². The molecule has 0 aliphatic rings. The Kier molecular flexibility index (Phi) is 4.07. The summed E-state index contributed by atoms with van der Waals surface area (Å²) < 4.78 is 0. The predicted octanol–water partition coefficient (Wildman–Crippen LogP) is 1.21. The summed E-state index contributed by atoms with van der Waals surface area (Å²) in [6.07, 6.45) is 1.59. The van der Waals surface area contributed by atoms with E-state index in [4.69, 9.17) is 5.73 Å². The van der Waals surface area contributed by atoms with E-state index in [0.29, 0.717) is 11.5 Å². The van der Waals surface area contributed by atoms with E-state index in [1.165, 1.54) is 18.2 Å². The molecule has 2 rings (SSSR count). The van der Waals surface area contributed by atoms with Gasteiger partial charge in [-0.1, -0.05) is 6.07 Å². The second-order valence-corrected chi connectivity index (χ2v) is 4.27. The highest BCUT2D eigenvalue weighted by Gasteiger charge is 2.18. The molecule has 0 unspecified atom stereocenters. The average Bonchev–Trinajstić information content (AvgIpc) is 2.45. The van der Waals surface area contributed by atoms with Crippen LogP contribution < -0.4 is 11.1 Å². The summed E-state index contributed by atoms with van der Waals surface area (Å²) in [6, 6.07) is 5.77. The molecule has 8 nitrogen and oxygen atoms in total. The van der Waals surface area contributed by atoms with Crippen molar-refractivity contribution < 1.29 is 9.72 Å². The molecule has 0 aliphatic heterocycles. The van der Waals surface area contributed by atoms with Gasteiger partial charge in [0.1, 0.15) is 11.5 Å². The number of hydrogen-bond donors (Lipinski definition) is 2. The van der Waals surface area contributed by atoms with E-state index in [1.54, 1.807) is 19.2 Å². The summed E-state index contributed by atoms with van der Waals surface area (Å²) in [5, 5.41) is 13.4. The van der Waals surface area contributed by atoms with Crippen molar-refractivity contribution in [3.63, 3.8) is 0 Å². The van der Waals surface area contributed by atoms with Gasteiger partial charge in [0.15, 0.2) is 0 Å². The van der Waals surface area contributed by atoms with Crippen LogP contribution in [0.3, 0.4) is 0 Å². The summed E-state index contributed by atoms with van der Waals surface area (Å²) >= 11 is 0. The number of rotatable bonds is 4. The molecule has 1 amide bonds. The molecular weight excluding hydrogens is 274 g/mol. The third-order valence-corrected chi connectivity index (χ3v) is 2.79. The fraction of sp³-hybridized carbons (Fsp3) is 0.154. The second kappa shape index (κ2) is 5.95. The predicted molar refractivity (Wildman–Crippen MR) is 75.4 cm³/mol.